The van der Waals surface area contributed by atoms with Crippen molar-refractivity contribution in [3.63, 3.8) is 0 Å². The van der Waals surface area contributed by atoms with Crippen LogP contribution in [0.3, 0.4) is 0 Å². The van der Waals surface area contributed by atoms with E-state index in [-0.39, 0.29) is 75.0 Å². The van der Waals surface area contributed by atoms with Crippen molar-refractivity contribution in [1.82, 2.24) is 19.8 Å². The van der Waals surface area contributed by atoms with Gasteiger partial charge in [0.2, 0.25) is 5.91 Å². The maximum absolute atomic E-state index is 13.0. The Morgan fingerprint density at radius 3 is 2.65 bits per heavy atom. The molecule has 13 nitrogen and oxygen atoms in total. The lowest BCUT2D eigenvalue weighted by Gasteiger charge is -2.42. The Balaban J connectivity index is 1.05. The number of ether oxygens (including phenoxy) is 4. The van der Waals surface area contributed by atoms with Crippen molar-refractivity contribution in [2.75, 3.05) is 62.8 Å². The third-order valence-electron chi connectivity index (χ3n) is 11.8. The number of benzene rings is 3. The molecule has 0 saturated carbocycles. The van der Waals surface area contributed by atoms with Crippen molar-refractivity contribution < 1.29 is 28.5 Å². The van der Waals surface area contributed by atoms with Crippen molar-refractivity contribution in [3.05, 3.63) is 89.1 Å². The number of anilines is 2. The van der Waals surface area contributed by atoms with E-state index in [1.807, 2.05) is 35.2 Å². The highest BCUT2D eigenvalue weighted by Crippen LogP contribution is 2.36. The highest BCUT2D eigenvalue weighted by atomic mass is 16.7. The molecular weight excluding hydrogens is 723 g/mol. The number of nitriles is 1. The zero-order valence-electron chi connectivity index (χ0n) is 32.8. The summed E-state index contributed by atoms with van der Waals surface area (Å²) in [6.45, 7) is 6.29. The lowest BCUT2D eigenvalue weighted by Crippen LogP contribution is -2.55. The fourth-order valence-electron chi connectivity index (χ4n) is 8.65. The molecule has 8 rings (SSSR count). The number of hydrogen-bond acceptors (Lipinski definition) is 12. The van der Waals surface area contributed by atoms with Gasteiger partial charge in [0.15, 0.2) is 6.29 Å². The molecule has 4 aliphatic rings. The number of aromatic nitrogens is 2. The van der Waals surface area contributed by atoms with Crippen LogP contribution >= 0.6 is 0 Å². The zero-order valence-corrected chi connectivity index (χ0v) is 32.8. The second-order valence-corrected chi connectivity index (χ2v) is 15.5. The Labute approximate surface area is 334 Å². The maximum Gasteiger partial charge on any atom is 0.320 e. The number of piperazine rings is 1. The number of likely N-dealkylation sites (tertiary alicyclic amines) is 1. The quantitative estimate of drug-likeness (QED) is 0.176. The molecule has 298 valence electrons. The van der Waals surface area contributed by atoms with E-state index in [1.54, 1.807) is 11.9 Å². The topological polar surface area (TPSA) is 134 Å². The largest absolute Gasteiger partial charge is 0.461 e. The van der Waals surface area contributed by atoms with Crippen molar-refractivity contribution in [2.24, 2.45) is 0 Å². The number of nitrogens with zero attached hydrogens (tertiary/aromatic N) is 7. The number of carbonyl (C=O) groups excluding carboxylic acids is 2. The van der Waals surface area contributed by atoms with Crippen LogP contribution in [0.25, 0.3) is 10.8 Å². The predicted octanol–water partition coefficient (Wildman–Crippen LogP) is 5.17. The SMILES string of the molecule is Cc1cccc2cccc(N3CCc4c(nc(OC[C@@H]5C(OC6CCCCO6)CC(=O)N5C)nc4N4CCN(CC(=O)OCc5ccccc5)[C@@H](CC#N)C4)C3)c12. The highest BCUT2D eigenvalue weighted by Gasteiger charge is 2.41. The van der Waals surface area contributed by atoms with E-state index < -0.39 is 0 Å². The van der Waals surface area contributed by atoms with Gasteiger partial charge in [-0.25, -0.2) is 0 Å². The van der Waals surface area contributed by atoms with E-state index in [1.165, 1.54) is 16.3 Å². The van der Waals surface area contributed by atoms with Crippen LogP contribution < -0.4 is 14.5 Å². The molecule has 3 aromatic carbocycles. The van der Waals surface area contributed by atoms with Crippen molar-refractivity contribution in [1.29, 1.82) is 5.26 Å². The fourth-order valence-corrected chi connectivity index (χ4v) is 8.65. The number of rotatable bonds is 12. The second kappa shape index (κ2) is 17.5. The molecule has 0 bridgehead atoms. The van der Waals surface area contributed by atoms with E-state index in [0.29, 0.717) is 32.8 Å². The van der Waals surface area contributed by atoms with Gasteiger partial charge < -0.3 is 33.6 Å². The van der Waals surface area contributed by atoms with Crippen LogP contribution in [0, 0.1) is 18.3 Å². The zero-order chi connectivity index (χ0) is 39.3. The molecule has 0 N–H and O–H groups in total. The van der Waals surface area contributed by atoms with Crippen LogP contribution in [-0.4, -0.2) is 109 Å². The molecular formula is C44H51N7O6. The van der Waals surface area contributed by atoms with Crippen LogP contribution in [0.5, 0.6) is 6.01 Å². The highest BCUT2D eigenvalue weighted by molar-refractivity contribution is 5.97. The molecule has 5 heterocycles. The summed E-state index contributed by atoms with van der Waals surface area (Å²) in [6.07, 6.45) is 3.40. The summed E-state index contributed by atoms with van der Waals surface area (Å²) in [7, 11) is 1.79. The minimum atomic E-state index is -0.369. The average molecular weight is 774 g/mol. The standard InChI is InChI=1S/C44H51N7O6/c1-30-10-8-13-32-14-9-15-36(42(30)32)50-20-18-34-35(26-50)46-44(56-29-37-38(24-39(52)48(37)2)57-41-16-6-7-23-54-41)47-43(34)51-22-21-49(33(25-51)17-19-45)27-40(53)55-28-31-11-4-3-5-12-31/h3-5,8-15,33,37-38,41H,6-7,16-18,20-29H2,1-2H3/t33-,37+,38?,41?/m0/s1. The van der Waals surface area contributed by atoms with E-state index in [4.69, 9.17) is 28.9 Å². The van der Waals surface area contributed by atoms with Crippen LogP contribution in [0.4, 0.5) is 11.5 Å². The Kier molecular flexibility index (Phi) is 11.8. The first-order chi connectivity index (χ1) is 27.8. The normalized spacial score (nSPS) is 22.7. The van der Waals surface area contributed by atoms with Gasteiger partial charge in [0, 0.05) is 62.5 Å². The first kappa shape index (κ1) is 38.6. The molecule has 1 aromatic heterocycles. The average Bonchev–Trinajstić information content (AvgIpc) is 3.50. The summed E-state index contributed by atoms with van der Waals surface area (Å²) in [5.74, 6) is 0.474. The van der Waals surface area contributed by atoms with Crippen molar-refractivity contribution in [2.45, 2.75) is 83.1 Å². The number of aryl methyl sites for hydroxylation is 1. The van der Waals surface area contributed by atoms with E-state index >= 15 is 0 Å². The Morgan fingerprint density at radius 2 is 1.84 bits per heavy atom. The Morgan fingerprint density at radius 1 is 1.00 bits per heavy atom. The number of carbonyl (C=O) groups is 2. The summed E-state index contributed by atoms with van der Waals surface area (Å²) in [5.41, 5.74) is 5.26. The molecule has 57 heavy (non-hydrogen) atoms. The minimum Gasteiger partial charge on any atom is -0.461 e. The van der Waals surface area contributed by atoms with Gasteiger partial charge in [-0.3, -0.25) is 14.5 Å². The molecule has 0 spiro atoms. The van der Waals surface area contributed by atoms with Crippen LogP contribution in [0.1, 0.15) is 54.5 Å². The smallest absolute Gasteiger partial charge is 0.320 e. The minimum absolute atomic E-state index is 0.00262. The van der Waals surface area contributed by atoms with Gasteiger partial charge in [-0.05, 0) is 55.2 Å². The summed E-state index contributed by atoms with van der Waals surface area (Å²) < 4.78 is 24.3. The third kappa shape index (κ3) is 8.68. The molecule has 3 fully saturated rings. The van der Waals surface area contributed by atoms with Gasteiger partial charge in [0.25, 0.3) is 0 Å². The van der Waals surface area contributed by atoms with Gasteiger partial charge in [-0.2, -0.15) is 15.2 Å². The molecule has 3 saturated heterocycles. The fraction of sp³-hybridized carbons (Fsp3) is 0.477. The lowest BCUT2D eigenvalue weighted by atomic mass is 9.99. The Hall–Kier alpha value is -5.29. The van der Waals surface area contributed by atoms with Crippen molar-refractivity contribution in [3.8, 4) is 12.1 Å². The van der Waals surface area contributed by atoms with Gasteiger partial charge in [-0.15, -0.1) is 0 Å². The molecule has 4 aromatic rings. The number of likely N-dealkylation sites (N-methyl/N-ethyl adjacent to an activating group) is 1. The Bertz CT molecular complexity index is 2100. The molecule has 13 heteroatoms. The molecule has 2 unspecified atom stereocenters. The van der Waals surface area contributed by atoms with E-state index in [9.17, 15) is 14.9 Å². The van der Waals surface area contributed by atoms with Gasteiger partial charge in [-0.1, -0.05) is 60.7 Å². The van der Waals surface area contributed by atoms with E-state index in [0.717, 1.165) is 60.6 Å². The summed E-state index contributed by atoms with van der Waals surface area (Å²) >= 11 is 0. The van der Waals surface area contributed by atoms with Crippen molar-refractivity contribution >= 4 is 34.2 Å². The molecule has 4 atom stereocenters. The third-order valence-corrected chi connectivity index (χ3v) is 11.8. The first-order valence-corrected chi connectivity index (χ1v) is 20.2. The number of fused-ring (bicyclic) bond motifs is 2. The predicted molar refractivity (Wildman–Crippen MR) is 215 cm³/mol. The second-order valence-electron chi connectivity index (χ2n) is 15.5. The maximum atomic E-state index is 13.0. The first-order valence-electron chi connectivity index (χ1n) is 20.2. The van der Waals surface area contributed by atoms with Crippen LogP contribution in [-0.2, 0) is 43.4 Å². The summed E-state index contributed by atoms with van der Waals surface area (Å²) in [5, 5.41) is 12.3. The number of amides is 1. The van der Waals surface area contributed by atoms with E-state index in [2.05, 4.69) is 59.2 Å². The molecule has 0 aliphatic carbocycles. The molecule has 4 aliphatic heterocycles. The van der Waals surface area contributed by atoms with Crippen LogP contribution in [0.2, 0.25) is 0 Å². The molecule has 0 radical (unpaired) electrons. The van der Waals surface area contributed by atoms with Gasteiger partial charge in [0.05, 0.1) is 49.8 Å². The number of hydrogen-bond donors (Lipinski definition) is 0. The molecule has 1 amide bonds. The van der Waals surface area contributed by atoms with Gasteiger partial charge in [0.1, 0.15) is 19.0 Å². The van der Waals surface area contributed by atoms with Gasteiger partial charge >= 0.3 is 12.0 Å². The lowest BCUT2D eigenvalue weighted by molar-refractivity contribution is -0.193. The summed E-state index contributed by atoms with van der Waals surface area (Å²) in [4.78, 5) is 44.4. The van der Waals surface area contributed by atoms with Crippen LogP contribution in [0.15, 0.2) is 66.7 Å². The summed E-state index contributed by atoms with van der Waals surface area (Å²) in [6, 6.07) is 24.5. The monoisotopic (exact) mass is 773 g/mol. The number of esters is 1.